The van der Waals surface area contributed by atoms with Crippen LogP contribution < -0.4 is 5.73 Å². The first-order chi connectivity index (χ1) is 8.81. The van der Waals surface area contributed by atoms with Crippen LogP contribution >= 0.6 is 0 Å². The van der Waals surface area contributed by atoms with Crippen molar-refractivity contribution in [2.75, 3.05) is 0 Å². The molecule has 0 saturated heterocycles. The van der Waals surface area contributed by atoms with Gasteiger partial charge in [0.25, 0.3) is 0 Å². The van der Waals surface area contributed by atoms with Crippen LogP contribution in [0.4, 0.5) is 0 Å². The smallest absolute Gasteiger partial charge is 0.336 e. The number of nitrogens with two attached hydrogens (primary N) is 1. The van der Waals surface area contributed by atoms with Crippen LogP contribution in [0.1, 0.15) is 36.2 Å². The molecule has 4 N–H and O–H groups in total. The number of carboxylic acid groups (broad SMARTS) is 1. The average molecular weight is 265 g/mol. The van der Waals surface area contributed by atoms with E-state index < -0.39 is 11.9 Å². The average Bonchev–Trinajstić information content (AvgIpc) is 2.32. The number of carboxylic acids is 1. The summed E-state index contributed by atoms with van der Waals surface area (Å²) in [4.78, 5) is 20.6. The van der Waals surface area contributed by atoms with Crippen molar-refractivity contribution in [1.29, 1.82) is 0 Å². The second-order valence-electron chi connectivity index (χ2n) is 4.00. The van der Waals surface area contributed by atoms with E-state index in [2.05, 4.69) is 6.58 Å². The minimum atomic E-state index is -0.987. The van der Waals surface area contributed by atoms with Gasteiger partial charge in [-0.2, -0.15) is 0 Å². The van der Waals surface area contributed by atoms with Crippen LogP contribution in [0.3, 0.4) is 0 Å². The molecule has 0 atom stereocenters. The first-order valence-electron chi connectivity index (χ1n) is 5.80. The molecule has 1 amide bonds. The van der Waals surface area contributed by atoms with Crippen LogP contribution in [0.5, 0.6) is 5.75 Å². The molecule has 0 bridgehead atoms. The molecular weight excluding hydrogens is 246 g/mol. The Balaban J connectivity index is 0.000000459. The maximum absolute atomic E-state index is 10.7. The zero-order valence-corrected chi connectivity index (χ0v) is 11.1. The zero-order chi connectivity index (χ0) is 15.0. The lowest BCUT2D eigenvalue weighted by atomic mass is 10.0. The van der Waals surface area contributed by atoms with Gasteiger partial charge in [-0.15, -0.1) is 0 Å². The Labute approximate surface area is 112 Å². The van der Waals surface area contributed by atoms with Crippen LogP contribution in [-0.4, -0.2) is 22.1 Å². The molecule has 1 aromatic rings. The van der Waals surface area contributed by atoms with Gasteiger partial charge in [0.05, 0.1) is 5.56 Å². The molecule has 1 rings (SSSR count). The van der Waals surface area contributed by atoms with Crippen LogP contribution in [0.15, 0.2) is 30.4 Å². The molecule has 0 saturated carbocycles. The van der Waals surface area contributed by atoms with Gasteiger partial charge in [0.2, 0.25) is 5.91 Å². The number of rotatable bonds is 4. The lowest BCUT2D eigenvalue weighted by molar-refractivity contribution is -0.114. The van der Waals surface area contributed by atoms with Crippen molar-refractivity contribution < 1.29 is 19.8 Å². The summed E-state index contributed by atoms with van der Waals surface area (Å²) in [5.41, 5.74) is 5.82. The molecule has 0 heterocycles. The molecule has 0 aromatic heterocycles. The quantitative estimate of drug-likeness (QED) is 0.725. The number of phenols is 1. The van der Waals surface area contributed by atoms with Crippen LogP contribution in [0.25, 0.3) is 0 Å². The molecule has 0 aliphatic carbocycles. The number of hydrogen-bond acceptors (Lipinski definition) is 3. The van der Waals surface area contributed by atoms with Crippen LogP contribution in [0, 0.1) is 0 Å². The molecule has 0 aliphatic rings. The second-order valence-corrected chi connectivity index (χ2v) is 4.00. The third-order valence-electron chi connectivity index (χ3n) is 2.30. The van der Waals surface area contributed by atoms with Gasteiger partial charge in [-0.3, -0.25) is 4.79 Å². The number of carbonyl (C=O) groups excluding carboxylic acids is 1. The molecule has 19 heavy (non-hydrogen) atoms. The van der Waals surface area contributed by atoms with Crippen molar-refractivity contribution in [2.24, 2.45) is 5.73 Å². The fourth-order valence-corrected chi connectivity index (χ4v) is 1.29. The van der Waals surface area contributed by atoms with E-state index in [1.54, 1.807) is 6.92 Å². The van der Waals surface area contributed by atoms with Gasteiger partial charge >= 0.3 is 5.97 Å². The van der Waals surface area contributed by atoms with Crippen molar-refractivity contribution in [3.8, 4) is 5.75 Å². The summed E-state index contributed by atoms with van der Waals surface area (Å²) in [6.45, 7) is 6.79. The molecule has 104 valence electrons. The van der Waals surface area contributed by atoms with Crippen LogP contribution in [0.2, 0.25) is 0 Å². The van der Waals surface area contributed by atoms with E-state index in [9.17, 15) is 14.7 Å². The molecule has 0 spiro atoms. The van der Waals surface area contributed by atoms with Crippen molar-refractivity contribution in [3.05, 3.63) is 41.5 Å². The summed E-state index contributed by atoms with van der Waals surface area (Å²) in [6.07, 6.45) is 1.41. The van der Waals surface area contributed by atoms with Gasteiger partial charge < -0.3 is 15.9 Å². The summed E-state index contributed by atoms with van der Waals surface area (Å²) in [7, 11) is 0. The Hall–Kier alpha value is -2.30. The lowest BCUT2D eigenvalue weighted by Gasteiger charge is -2.06. The number of carbonyl (C=O) groups is 2. The fraction of sp³-hybridized carbons (Fsp3) is 0.286. The number of phenolic OH excluding ortho intramolecular Hbond substituents is 1. The van der Waals surface area contributed by atoms with Gasteiger partial charge in [0.15, 0.2) is 0 Å². The van der Waals surface area contributed by atoms with E-state index in [4.69, 9.17) is 10.8 Å². The highest BCUT2D eigenvalue weighted by molar-refractivity contribution is 5.90. The van der Waals surface area contributed by atoms with E-state index in [0.29, 0.717) is 17.6 Å². The third kappa shape index (κ3) is 5.72. The Morgan fingerprint density at radius 2 is 1.89 bits per heavy atom. The van der Waals surface area contributed by atoms with Crippen molar-refractivity contribution >= 4 is 11.9 Å². The Kier molecular flexibility index (Phi) is 6.96. The fourth-order valence-electron chi connectivity index (χ4n) is 1.29. The van der Waals surface area contributed by atoms with E-state index >= 15 is 0 Å². The van der Waals surface area contributed by atoms with Gasteiger partial charge in [-0.25, -0.2) is 4.79 Å². The summed E-state index contributed by atoms with van der Waals surface area (Å²) < 4.78 is 0. The van der Waals surface area contributed by atoms with E-state index in [-0.39, 0.29) is 11.3 Å². The number of hydrogen-bond donors (Lipinski definition) is 3. The highest BCUT2D eigenvalue weighted by atomic mass is 16.4. The Morgan fingerprint density at radius 1 is 1.37 bits per heavy atom. The SMILES string of the molecule is C=C(C)C(N)=O.CCCc1c(O)cccc1C(=O)O. The van der Waals surface area contributed by atoms with Gasteiger partial charge in [0, 0.05) is 11.1 Å². The van der Waals surface area contributed by atoms with Crippen molar-refractivity contribution in [2.45, 2.75) is 26.7 Å². The van der Waals surface area contributed by atoms with E-state index in [0.717, 1.165) is 6.42 Å². The minimum absolute atomic E-state index is 0.0711. The largest absolute Gasteiger partial charge is 0.508 e. The van der Waals surface area contributed by atoms with Crippen molar-refractivity contribution in [1.82, 2.24) is 0 Å². The molecule has 0 fully saturated rings. The van der Waals surface area contributed by atoms with Gasteiger partial charge in [-0.1, -0.05) is 26.0 Å². The Bertz CT molecular complexity index is 468. The first kappa shape index (κ1) is 16.7. The standard InChI is InChI=1S/C10H12O3.C4H7NO/c1-2-4-7-8(10(12)13)5-3-6-9(7)11;1-3(2)4(5)6/h3,5-6,11H,2,4H2,1H3,(H,12,13);1H2,2H3,(H2,5,6). The monoisotopic (exact) mass is 265 g/mol. The second kappa shape index (κ2) is 7.92. The highest BCUT2D eigenvalue weighted by Crippen LogP contribution is 2.22. The topological polar surface area (TPSA) is 101 Å². The highest BCUT2D eigenvalue weighted by Gasteiger charge is 2.11. The number of aromatic carboxylic acids is 1. The summed E-state index contributed by atoms with van der Waals surface area (Å²) in [5.74, 6) is -1.35. The van der Waals surface area contributed by atoms with Crippen LogP contribution in [-0.2, 0) is 11.2 Å². The van der Waals surface area contributed by atoms with E-state index in [1.165, 1.54) is 18.2 Å². The molecule has 1 aromatic carbocycles. The van der Waals surface area contributed by atoms with E-state index in [1.807, 2.05) is 6.92 Å². The predicted molar refractivity (Wildman–Crippen MR) is 73.1 cm³/mol. The number of primary amides is 1. The number of amides is 1. The first-order valence-corrected chi connectivity index (χ1v) is 5.80. The Morgan fingerprint density at radius 3 is 2.26 bits per heavy atom. The molecule has 0 unspecified atom stereocenters. The van der Waals surface area contributed by atoms with Crippen molar-refractivity contribution in [3.63, 3.8) is 0 Å². The zero-order valence-electron chi connectivity index (χ0n) is 11.1. The predicted octanol–water partition coefficient (Wildman–Crippen LogP) is 2.09. The molecular formula is C14H19NO4. The summed E-state index contributed by atoms with van der Waals surface area (Å²) in [6, 6.07) is 4.56. The van der Waals surface area contributed by atoms with Gasteiger partial charge in [-0.05, 0) is 25.5 Å². The molecule has 0 aliphatic heterocycles. The van der Waals surface area contributed by atoms with Gasteiger partial charge in [0.1, 0.15) is 5.75 Å². The molecule has 5 nitrogen and oxygen atoms in total. The normalized spacial score (nSPS) is 9.16. The third-order valence-corrected chi connectivity index (χ3v) is 2.30. The number of benzene rings is 1. The molecule has 5 heteroatoms. The summed E-state index contributed by atoms with van der Waals surface area (Å²) in [5, 5.41) is 18.2. The maximum atomic E-state index is 10.7. The maximum Gasteiger partial charge on any atom is 0.336 e. The lowest BCUT2D eigenvalue weighted by Crippen LogP contribution is -2.10. The number of aromatic hydroxyl groups is 1. The summed E-state index contributed by atoms with van der Waals surface area (Å²) >= 11 is 0. The molecule has 0 radical (unpaired) electrons. The minimum Gasteiger partial charge on any atom is -0.508 e.